The quantitative estimate of drug-likeness (QED) is 0.360. The molecular formula is C26H29N3O5S. The minimum atomic E-state index is -3.94. The molecule has 4 rings (SSSR count). The fraction of sp³-hybridized carbons (Fsp3) is 0.269. The Morgan fingerprint density at radius 2 is 1.46 bits per heavy atom. The topological polar surface area (TPSA) is 93.4 Å². The molecule has 2 aromatic carbocycles. The molecule has 4 aromatic rings. The largest absolute Gasteiger partial charge is 0.497 e. The van der Waals surface area contributed by atoms with E-state index in [1.807, 2.05) is 36.4 Å². The smallest absolute Gasteiger partial charge is 0.220 e. The summed E-state index contributed by atoms with van der Waals surface area (Å²) in [5.74, 6) is 1.38. The van der Waals surface area contributed by atoms with Gasteiger partial charge in [0.05, 0.1) is 19.9 Å². The average molecular weight is 496 g/mol. The van der Waals surface area contributed by atoms with Crippen LogP contribution in [-0.2, 0) is 23.1 Å². The molecule has 0 aliphatic carbocycles. The first-order valence-corrected chi connectivity index (χ1v) is 12.7. The van der Waals surface area contributed by atoms with E-state index in [0.717, 1.165) is 11.1 Å². The first-order valence-electron chi connectivity index (χ1n) is 11.2. The molecule has 1 N–H and O–H groups in total. The lowest BCUT2D eigenvalue weighted by molar-refractivity contribution is 0.168. The van der Waals surface area contributed by atoms with Crippen molar-refractivity contribution in [1.29, 1.82) is 0 Å². The molecule has 2 atom stereocenters. The van der Waals surface area contributed by atoms with Crippen LogP contribution >= 0.6 is 0 Å². The van der Waals surface area contributed by atoms with E-state index >= 15 is 0 Å². The first-order chi connectivity index (χ1) is 16.8. The Bertz CT molecular complexity index is 1290. The Morgan fingerprint density at radius 3 is 1.94 bits per heavy atom. The van der Waals surface area contributed by atoms with Gasteiger partial charge in [0.25, 0.3) is 0 Å². The number of hydrogen-bond acceptors (Lipinski definition) is 6. The van der Waals surface area contributed by atoms with Gasteiger partial charge in [-0.25, -0.2) is 13.4 Å². The van der Waals surface area contributed by atoms with Crippen molar-refractivity contribution in [2.75, 3.05) is 14.2 Å². The molecule has 2 aromatic heterocycles. The summed E-state index contributed by atoms with van der Waals surface area (Å²) in [5, 5.41) is 9.91. The van der Waals surface area contributed by atoms with Crippen LogP contribution < -0.4 is 9.47 Å². The summed E-state index contributed by atoms with van der Waals surface area (Å²) in [6.45, 7) is 1.79. The van der Waals surface area contributed by atoms with E-state index in [-0.39, 0.29) is 13.1 Å². The van der Waals surface area contributed by atoms with Crippen molar-refractivity contribution in [2.45, 2.75) is 31.4 Å². The second kappa shape index (κ2) is 10.5. The summed E-state index contributed by atoms with van der Waals surface area (Å²) in [7, 11) is -0.780. The fourth-order valence-electron chi connectivity index (χ4n) is 3.84. The number of rotatable bonds is 10. The zero-order valence-electron chi connectivity index (χ0n) is 19.9. The number of pyridine rings is 1. The van der Waals surface area contributed by atoms with E-state index in [1.165, 1.54) is 11.2 Å². The van der Waals surface area contributed by atoms with E-state index in [0.29, 0.717) is 22.8 Å². The van der Waals surface area contributed by atoms with Gasteiger partial charge in [-0.3, -0.25) is 0 Å². The maximum Gasteiger partial charge on any atom is 0.220 e. The van der Waals surface area contributed by atoms with Crippen LogP contribution in [0.1, 0.15) is 29.8 Å². The lowest BCUT2D eigenvalue weighted by atomic mass is 10.2. The Balaban J connectivity index is 1.64. The van der Waals surface area contributed by atoms with Crippen LogP contribution in [0.4, 0.5) is 0 Å². The molecule has 0 spiro atoms. The van der Waals surface area contributed by atoms with E-state index in [2.05, 4.69) is 4.98 Å². The molecule has 0 saturated carbocycles. The second-order valence-corrected chi connectivity index (χ2v) is 10.6. The lowest BCUT2D eigenvalue weighted by Crippen LogP contribution is -2.39. The Hall–Kier alpha value is -3.40. The van der Waals surface area contributed by atoms with Gasteiger partial charge in [0, 0.05) is 25.5 Å². The van der Waals surface area contributed by atoms with Crippen molar-refractivity contribution in [2.24, 2.45) is 0 Å². The van der Waals surface area contributed by atoms with Crippen molar-refractivity contribution < 1.29 is 23.0 Å². The van der Waals surface area contributed by atoms with Gasteiger partial charge in [0.15, 0.2) is 0 Å². The Morgan fingerprint density at radius 1 is 0.914 bits per heavy atom. The molecule has 0 unspecified atom stereocenters. The average Bonchev–Trinajstić information content (AvgIpc) is 3.32. The molecule has 0 amide bonds. The molecular weight excluding hydrogens is 466 g/mol. The molecule has 0 aliphatic rings. The molecule has 0 radical (unpaired) electrons. The van der Waals surface area contributed by atoms with Gasteiger partial charge in [-0.15, -0.1) is 0 Å². The minimum absolute atomic E-state index is 0.139. The summed E-state index contributed by atoms with van der Waals surface area (Å²) < 4.78 is 41.2. The Labute approximate surface area is 205 Å². The van der Waals surface area contributed by atoms with Crippen molar-refractivity contribution >= 4 is 15.7 Å². The predicted octanol–water partition coefficient (Wildman–Crippen LogP) is 3.81. The summed E-state index contributed by atoms with van der Waals surface area (Å²) in [6, 6.07) is 20.0. The molecule has 0 saturated heterocycles. The summed E-state index contributed by atoms with van der Waals surface area (Å²) in [4.78, 5) is 4.41. The molecule has 8 nitrogen and oxygen atoms in total. The molecule has 0 bridgehead atoms. The van der Waals surface area contributed by atoms with Gasteiger partial charge in [-0.2, -0.15) is 4.31 Å². The van der Waals surface area contributed by atoms with Gasteiger partial charge in [-0.05, 0) is 54.4 Å². The zero-order valence-corrected chi connectivity index (χ0v) is 20.7. The first kappa shape index (κ1) is 24.7. The number of aliphatic hydroxyl groups is 1. The molecule has 184 valence electrons. The zero-order chi connectivity index (χ0) is 25.0. The maximum atomic E-state index is 13.8. The third-order valence-electron chi connectivity index (χ3n) is 6.00. The number of fused-ring (bicyclic) bond motifs is 1. The summed E-state index contributed by atoms with van der Waals surface area (Å²) in [6.07, 6.45) is 2.16. The number of nitrogens with zero attached hydrogens (tertiary/aromatic N) is 3. The molecule has 0 aliphatic heterocycles. The van der Waals surface area contributed by atoms with Gasteiger partial charge >= 0.3 is 0 Å². The third kappa shape index (κ3) is 5.48. The van der Waals surface area contributed by atoms with Crippen LogP contribution in [-0.4, -0.2) is 46.7 Å². The minimum Gasteiger partial charge on any atom is -0.497 e. The number of hydrogen-bond donors (Lipinski definition) is 1. The maximum absolute atomic E-state index is 13.8. The highest BCUT2D eigenvalue weighted by Crippen LogP contribution is 2.27. The van der Waals surface area contributed by atoms with Crippen molar-refractivity contribution in [3.8, 4) is 11.5 Å². The number of aromatic nitrogens is 2. The van der Waals surface area contributed by atoms with Crippen LogP contribution in [0, 0.1) is 0 Å². The highest BCUT2D eigenvalue weighted by Gasteiger charge is 2.36. The fourth-order valence-corrected chi connectivity index (χ4v) is 5.43. The van der Waals surface area contributed by atoms with Crippen molar-refractivity contribution in [3.05, 3.63) is 95.9 Å². The van der Waals surface area contributed by atoms with Crippen LogP contribution in [0.2, 0.25) is 0 Å². The normalized spacial score (nSPS) is 13.6. The standard InChI is InChI=1S/C26H29N3O5S/c1-19(26(30)24-18-28-15-5-4-6-25(28)27-24)35(31,32)29(16-20-7-11-22(33-2)12-8-20)17-21-9-13-23(34-3)14-10-21/h4-15,18-19,26,30H,16-17H2,1-3H3/t19-,26-/m0/s1. The number of imidazole rings is 1. The third-order valence-corrected chi connectivity index (χ3v) is 8.17. The van der Waals surface area contributed by atoms with E-state index in [9.17, 15) is 13.5 Å². The Kier molecular flexibility index (Phi) is 7.39. The van der Waals surface area contributed by atoms with E-state index in [4.69, 9.17) is 9.47 Å². The number of sulfonamides is 1. The van der Waals surface area contributed by atoms with E-state index in [1.54, 1.807) is 61.3 Å². The van der Waals surface area contributed by atoms with Crippen molar-refractivity contribution in [3.63, 3.8) is 0 Å². The van der Waals surface area contributed by atoms with Gasteiger partial charge < -0.3 is 19.0 Å². The molecule has 2 heterocycles. The van der Waals surface area contributed by atoms with Crippen LogP contribution in [0.25, 0.3) is 5.65 Å². The molecule has 9 heteroatoms. The summed E-state index contributed by atoms with van der Waals surface area (Å²) in [5.41, 5.74) is 2.55. The van der Waals surface area contributed by atoms with Crippen molar-refractivity contribution in [1.82, 2.24) is 13.7 Å². The lowest BCUT2D eigenvalue weighted by Gasteiger charge is -2.28. The number of methoxy groups -OCH3 is 2. The summed E-state index contributed by atoms with van der Waals surface area (Å²) >= 11 is 0. The van der Waals surface area contributed by atoms with Crippen LogP contribution in [0.3, 0.4) is 0 Å². The number of aliphatic hydroxyl groups excluding tert-OH is 1. The predicted molar refractivity (Wildman–Crippen MR) is 134 cm³/mol. The van der Waals surface area contributed by atoms with Gasteiger partial charge in [0.2, 0.25) is 10.0 Å². The number of ether oxygens (including phenoxy) is 2. The molecule has 35 heavy (non-hydrogen) atoms. The molecule has 0 fully saturated rings. The SMILES string of the molecule is COc1ccc(CN(Cc2ccc(OC)cc2)S(=O)(=O)[C@@H](C)[C@H](O)c2cn3ccccc3n2)cc1. The highest BCUT2D eigenvalue weighted by atomic mass is 32.2. The number of benzene rings is 2. The van der Waals surface area contributed by atoms with E-state index < -0.39 is 21.4 Å². The van der Waals surface area contributed by atoms with Crippen LogP contribution in [0.15, 0.2) is 79.1 Å². The van der Waals surface area contributed by atoms with Gasteiger partial charge in [0.1, 0.15) is 28.5 Å². The van der Waals surface area contributed by atoms with Crippen LogP contribution in [0.5, 0.6) is 11.5 Å². The van der Waals surface area contributed by atoms with Gasteiger partial charge in [-0.1, -0.05) is 30.3 Å². The second-order valence-electron chi connectivity index (χ2n) is 8.29. The highest BCUT2D eigenvalue weighted by molar-refractivity contribution is 7.89. The monoisotopic (exact) mass is 495 g/mol.